The number of aliphatic hydroxyl groups is 7. The lowest BCUT2D eigenvalue weighted by molar-refractivity contribution is -0.0511. The highest BCUT2D eigenvalue weighted by Gasteiger charge is 2.44. The van der Waals surface area contributed by atoms with E-state index in [-0.39, 0.29) is 32.2 Å². The molecular weight excluding hydrogens is 692 g/mol. The molecule has 0 saturated carbocycles. The summed E-state index contributed by atoms with van der Waals surface area (Å²) in [6.45, 7) is 3.32. The van der Waals surface area contributed by atoms with Crippen molar-refractivity contribution in [2.24, 2.45) is 0 Å². The van der Waals surface area contributed by atoms with Gasteiger partial charge in [0.25, 0.3) is 0 Å². The number of rotatable bonds is 12. The second-order valence-corrected chi connectivity index (χ2v) is 11.3. The summed E-state index contributed by atoms with van der Waals surface area (Å²) in [5.41, 5.74) is 6.44. The van der Waals surface area contributed by atoms with Crippen LogP contribution in [0, 0.1) is 0 Å². The number of fused-ring (bicyclic) bond motifs is 1. The molecule has 0 radical (unpaired) electrons. The Kier molecular flexibility index (Phi) is 31.6. The largest absolute Gasteiger partial charge is 0.478 e. The van der Waals surface area contributed by atoms with Crippen molar-refractivity contribution >= 4 is 32.6 Å². The Morgan fingerprint density at radius 2 is 1.19 bits per heavy atom. The number of aliphatic hydroxyl groups excluding tert-OH is 7. The molecule has 0 unspecified atom stereocenters. The predicted molar refractivity (Wildman–Crippen MR) is 172 cm³/mol. The van der Waals surface area contributed by atoms with Crippen molar-refractivity contribution in [1.29, 1.82) is 0 Å². The van der Waals surface area contributed by atoms with Gasteiger partial charge in [-0.25, -0.2) is 24.1 Å². The molecule has 0 amide bonds. The molecule has 24 nitrogen and oxygen atoms in total. The molecule has 4 atom stereocenters. The van der Waals surface area contributed by atoms with Gasteiger partial charge in [-0.1, -0.05) is 0 Å². The van der Waals surface area contributed by atoms with Gasteiger partial charge in [0.2, 0.25) is 0 Å². The lowest BCUT2D eigenvalue weighted by atomic mass is 10.1. The SMILES string of the molecule is CNCCO.CNCCO.CNCCO.CNCCO.Nc1ncnc2c1ncn2[C@@H]1O[C@H](CO)[C@@H](O)[C@H]1O.O=P(O)(O)OP(=O)(O)O. The number of ether oxygens (including phenoxy) is 1. The van der Waals surface area contributed by atoms with Crippen molar-refractivity contribution in [3.8, 4) is 0 Å². The van der Waals surface area contributed by atoms with Crippen LogP contribution in [0.4, 0.5) is 5.82 Å². The summed E-state index contributed by atoms with van der Waals surface area (Å²) in [4.78, 5) is 42.9. The molecule has 1 saturated heterocycles. The van der Waals surface area contributed by atoms with Gasteiger partial charge in [-0.15, -0.1) is 0 Å². The van der Waals surface area contributed by atoms with Gasteiger partial charge in [0.15, 0.2) is 17.7 Å². The number of aromatic nitrogens is 4. The minimum absolute atomic E-state index is 0.218. The summed E-state index contributed by atoms with van der Waals surface area (Å²) >= 11 is 0. The van der Waals surface area contributed by atoms with Gasteiger partial charge in [-0.05, 0) is 28.2 Å². The number of hydrogen-bond donors (Lipinski definition) is 16. The summed E-state index contributed by atoms with van der Waals surface area (Å²) in [5.74, 6) is 0.218. The summed E-state index contributed by atoms with van der Waals surface area (Å²) in [6.07, 6.45) is -1.42. The Labute approximate surface area is 277 Å². The van der Waals surface area contributed by atoms with E-state index in [1.165, 1.54) is 17.2 Å². The third-order valence-corrected chi connectivity index (χ3v) is 6.54. The number of likely N-dealkylation sites (N-methyl/N-ethyl adjacent to an activating group) is 4. The molecule has 1 aliphatic heterocycles. The number of hydrogen-bond acceptors (Lipinski definition) is 19. The molecule has 286 valence electrons. The maximum Gasteiger partial charge on any atom is 0.478 e. The standard InChI is InChI=1S/C10H13N5O4.4C3H9NO.H4O7P2/c11-8-5-9(13-2-12-8)15(3-14-5)10-7(18)6(17)4(1-16)19-10;4*1-4-2-3-5;1-8(2,3)7-9(4,5)6/h2-4,6-7,10,16-18H,1H2,(H2,11,12,13);4*4-5H,2-3H2,1H3;(H2,1,2,3)(H2,4,5,6)/t4-,6-,7-,10-;;;;;/m1...../s1. The van der Waals surface area contributed by atoms with Gasteiger partial charge in [0, 0.05) is 26.2 Å². The molecule has 2 aromatic heterocycles. The number of nitrogens with one attached hydrogen (secondary N) is 4. The normalized spacial score (nSPS) is 18.4. The maximum absolute atomic E-state index is 9.95. The molecule has 1 fully saturated rings. The Bertz CT molecular complexity index is 1080. The minimum Gasteiger partial charge on any atom is -0.395 e. The zero-order chi connectivity index (χ0) is 37.8. The third-order valence-electron chi connectivity index (χ3n) is 4.84. The average Bonchev–Trinajstić information content (AvgIpc) is 3.55. The van der Waals surface area contributed by atoms with E-state index < -0.39 is 46.8 Å². The quantitative estimate of drug-likeness (QED) is 0.0899. The van der Waals surface area contributed by atoms with E-state index in [0.717, 1.165) is 0 Å². The van der Waals surface area contributed by atoms with Gasteiger partial charge >= 0.3 is 15.6 Å². The van der Waals surface area contributed by atoms with E-state index in [1.54, 1.807) is 28.2 Å². The van der Waals surface area contributed by atoms with Crippen LogP contribution in [0.15, 0.2) is 12.7 Å². The second kappa shape index (κ2) is 30.0. The van der Waals surface area contributed by atoms with E-state index in [1.807, 2.05) is 0 Å². The average molecular weight is 746 g/mol. The first kappa shape index (κ1) is 50.5. The topological polar surface area (TPSA) is 393 Å². The third kappa shape index (κ3) is 25.2. The Morgan fingerprint density at radius 1 is 0.771 bits per heavy atom. The second-order valence-electron chi connectivity index (χ2n) is 8.68. The maximum atomic E-state index is 9.95. The lowest BCUT2D eigenvalue weighted by Gasteiger charge is -2.16. The first-order valence-electron chi connectivity index (χ1n) is 13.9. The molecule has 0 aliphatic carbocycles. The van der Waals surface area contributed by atoms with Crippen LogP contribution >= 0.6 is 15.6 Å². The molecule has 2 aromatic rings. The molecule has 26 heteroatoms. The lowest BCUT2D eigenvalue weighted by Crippen LogP contribution is -2.33. The number of imidazole rings is 1. The van der Waals surface area contributed by atoms with Crippen molar-refractivity contribution in [2.45, 2.75) is 24.5 Å². The molecule has 17 N–H and O–H groups in total. The molecule has 3 heterocycles. The Balaban J connectivity index is -0.000000586. The zero-order valence-electron chi connectivity index (χ0n) is 27.1. The fourth-order valence-corrected chi connectivity index (χ4v) is 3.86. The van der Waals surface area contributed by atoms with Crippen molar-refractivity contribution in [1.82, 2.24) is 40.8 Å². The summed E-state index contributed by atoms with van der Waals surface area (Å²) in [6, 6.07) is 0. The van der Waals surface area contributed by atoms with Crippen molar-refractivity contribution in [3.05, 3.63) is 12.7 Å². The van der Waals surface area contributed by atoms with Gasteiger partial charge in [0.1, 0.15) is 30.2 Å². The molecule has 3 rings (SSSR count). The van der Waals surface area contributed by atoms with Crippen LogP contribution in [0.1, 0.15) is 6.23 Å². The van der Waals surface area contributed by atoms with Gasteiger partial charge in [0.05, 0.1) is 39.4 Å². The number of anilines is 1. The smallest absolute Gasteiger partial charge is 0.395 e. The molecular formula is C22H53N9O15P2. The highest BCUT2D eigenvalue weighted by Crippen LogP contribution is 2.53. The van der Waals surface area contributed by atoms with Gasteiger partial charge in [-0.2, -0.15) is 4.31 Å². The first-order valence-corrected chi connectivity index (χ1v) is 17.0. The number of nitrogens with zero attached hydrogens (tertiary/aromatic N) is 4. The van der Waals surface area contributed by atoms with E-state index in [9.17, 15) is 19.3 Å². The minimum atomic E-state index is -5.05. The van der Waals surface area contributed by atoms with Crippen LogP contribution in [-0.2, 0) is 18.2 Å². The van der Waals surface area contributed by atoms with E-state index in [4.69, 9.17) is 55.6 Å². The van der Waals surface area contributed by atoms with Gasteiger partial charge in [-0.3, -0.25) is 4.57 Å². The zero-order valence-corrected chi connectivity index (χ0v) is 28.9. The highest BCUT2D eigenvalue weighted by molar-refractivity contribution is 7.60. The molecule has 0 bridgehead atoms. The summed E-state index contributed by atoms with van der Waals surface area (Å²) in [5, 5.41) is 71.8. The molecule has 0 spiro atoms. The first-order chi connectivity index (χ1) is 22.5. The van der Waals surface area contributed by atoms with Crippen LogP contribution in [0.2, 0.25) is 0 Å². The van der Waals surface area contributed by atoms with Crippen LogP contribution < -0.4 is 27.0 Å². The van der Waals surface area contributed by atoms with Crippen LogP contribution in [-0.4, -0.2) is 181 Å². The predicted octanol–water partition coefficient (Wildman–Crippen LogP) is -6.00. The number of nitrogens with two attached hydrogens (primary N) is 1. The van der Waals surface area contributed by atoms with Crippen molar-refractivity contribution in [3.63, 3.8) is 0 Å². The molecule has 48 heavy (non-hydrogen) atoms. The molecule has 1 aliphatic rings. The monoisotopic (exact) mass is 745 g/mol. The van der Waals surface area contributed by atoms with Crippen LogP contribution in [0.25, 0.3) is 11.2 Å². The fourth-order valence-electron chi connectivity index (χ4n) is 2.75. The summed E-state index contributed by atoms with van der Waals surface area (Å²) in [7, 11) is -2.89. The highest BCUT2D eigenvalue weighted by atomic mass is 31.3. The van der Waals surface area contributed by atoms with Crippen molar-refractivity contribution < 1.29 is 73.5 Å². The number of nitrogen functional groups attached to an aromatic ring is 1. The van der Waals surface area contributed by atoms with E-state index in [0.29, 0.717) is 37.3 Å². The van der Waals surface area contributed by atoms with Crippen LogP contribution in [0.3, 0.4) is 0 Å². The summed E-state index contributed by atoms with van der Waals surface area (Å²) < 4.78 is 29.1. The Morgan fingerprint density at radius 3 is 1.46 bits per heavy atom. The van der Waals surface area contributed by atoms with E-state index in [2.05, 4.69) is 40.5 Å². The van der Waals surface area contributed by atoms with Crippen LogP contribution in [0.5, 0.6) is 0 Å². The van der Waals surface area contributed by atoms with Gasteiger partial charge < -0.3 is 87.1 Å². The van der Waals surface area contributed by atoms with E-state index >= 15 is 0 Å². The number of phosphoric acid groups is 2. The Hall–Kier alpha value is -1.87. The van der Waals surface area contributed by atoms with Crippen molar-refractivity contribution in [2.75, 3.05) is 93.1 Å². The molecule has 0 aromatic carbocycles. The fraction of sp³-hybridized carbons (Fsp3) is 0.773.